The molecule has 1 rings (SSSR count). The molecule has 0 amide bonds. The monoisotopic (exact) mass is 284 g/mol. The van der Waals surface area contributed by atoms with Gasteiger partial charge >= 0.3 is 0 Å². The second kappa shape index (κ2) is 9.18. The molecule has 0 heterocycles. The highest BCUT2D eigenvalue weighted by molar-refractivity contribution is 6.33. The Kier molecular flexibility index (Phi) is 7.87. The highest BCUT2D eigenvalue weighted by Gasteiger charge is 2.08. The summed E-state index contributed by atoms with van der Waals surface area (Å²) in [5.74, 6) is 0. The van der Waals surface area contributed by atoms with E-state index < -0.39 is 0 Å². The molecule has 0 fully saturated rings. The van der Waals surface area contributed by atoms with Gasteiger partial charge in [-0.2, -0.15) is 0 Å². The minimum atomic E-state index is 0.215. The molecule has 0 radical (unpaired) electrons. The molecule has 1 aromatic rings. The molecule has 19 heavy (non-hydrogen) atoms. The summed E-state index contributed by atoms with van der Waals surface area (Å²) in [5, 5.41) is 13.1. The Morgan fingerprint density at radius 1 is 1.32 bits per heavy atom. The van der Waals surface area contributed by atoms with Gasteiger partial charge in [0.15, 0.2) is 0 Å². The zero-order chi connectivity index (χ0) is 14.1. The number of aliphatic hydroxyl groups is 1. The third kappa shape index (κ3) is 5.39. The molecular weight excluding hydrogens is 260 g/mol. The number of benzene rings is 1. The molecule has 0 spiro atoms. The normalized spacial score (nSPS) is 10.7. The van der Waals surface area contributed by atoms with Crippen LogP contribution >= 0.6 is 11.6 Å². The molecular formula is C15H25ClN2O. The largest absolute Gasteiger partial charge is 0.396 e. The summed E-state index contributed by atoms with van der Waals surface area (Å²) in [5.41, 5.74) is 2.26. The molecule has 2 N–H and O–H groups in total. The van der Waals surface area contributed by atoms with Gasteiger partial charge in [-0.3, -0.25) is 0 Å². The first kappa shape index (κ1) is 16.3. The van der Waals surface area contributed by atoms with Crippen LogP contribution in [0.1, 0.15) is 32.3 Å². The molecule has 0 atom stereocenters. The van der Waals surface area contributed by atoms with Gasteiger partial charge < -0.3 is 15.3 Å². The molecule has 0 aliphatic heterocycles. The number of hydrogen-bond donors (Lipinski definition) is 2. The predicted molar refractivity (Wildman–Crippen MR) is 83.0 cm³/mol. The van der Waals surface area contributed by atoms with Crippen LogP contribution in [-0.2, 0) is 6.54 Å². The van der Waals surface area contributed by atoms with E-state index in [1.807, 2.05) is 6.07 Å². The quantitative estimate of drug-likeness (QED) is 0.684. The number of halogens is 1. The minimum absolute atomic E-state index is 0.215. The lowest BCUT2D eigenvalue weighted by Gasteiger charge is -2.24. The number of aliphatic hydroxyl groups excluding tert-OH is 1. The summed E-state index contributed by atoms with van der Waals surface area (Å²) < 4.78 is 0. The zero-order valence-corrected chi connectivity index (χ0v) is 12.7. The van der Waals surface area contributed by atoms with Crippen molar-refractivity contribution in [1.82, 2.24) is 5.32 Å². The lowest BCUT2D eigenvalue weighted by Crippen LogP contribution is -2.25. The van der Waals surface area contributed by atoms with Crippen molar-refractivity contribution in [3.05, 3.63) is 28.8 Å². The lowest BCUT2D eigenvalue weighted by molar-refractivity contribution is 0.289. The summed E-state index contributed by atoms with van der Waals surface area (Å²) >= 11 is 6.36. The number of anilines is 1. The van der Waals surface area contributed by atoms with Crippen molar-refractivity contribution in [3.8, 4) is 0 Å². The van der Waals surface area contributed by atoms with Crippen molar-refractivity contribution in [1.29, 1.82) is 0 Å². The smallest absolute Gasteiger partial charge is 0.0642 e. The van der Waals surface area contributed by atoms with Crippen molar-refractivity contribution in [3.63, 3.8) is 0 Å². The second-order valence-corrected chi connectivity index (χ2v) is 5.03. The second-order valence-electron chi connectivity index (χ2n) is 4.62. The van der Waals surface area contributed by atoms with Crippen molar-refractivity contribution in [2.75, 3.05) is 31.1 Å². The first-order valence-electron chi connectivity index (χ1n) is 7.07. The van der Waals surface area contributed by atoms with E-state index in [1.165, 1.54) is 5.56 Å². The standard InChI is InChI=1S/C15H25ClN2O/c1-3-8-17-12-13-6-7-15(14(16)11-13)18(4-2)9-5-10-19/h6-7,11,17,19H,3-5,8-10,12H2,1-2H3. The molecule has 4 heteroatoms. The molecule has 0 aliphatic carbocycles. The van der Waals surface area contributed by atoms with Crippen molar-refractivity contribution in [2.24, 2.45) is 0 Å². The Morgan fingerprint density at radius 3 is 2.68 bits per heavy atom. The maximum Gasteiger partial charge on any atom is 0.0642 e. The SMILES string of the molecule is CCCNCc1ccc(N(CC)CCCO)c(Cl)c1. The number of nitrogens with one attached hydrogen (secondary N) is 1. The van der Waals surface area contributed by atoms with Crippen molar-refractivity contribution < 1.29 is 5.11 Å². The Morgan fingerprint density at radius 2 is 2.11 bits per heavy atom. The van der Waals surface area contributed by atoms with Gasteiger partial charge in [0.05, 0.1) is 10.7 Å². The number of hydrogen-bond acceptors (Lipinski definition) is 3. The van der Waals surface area contributed by atoms with Crippen LogP contribution in [0.15, 0.2) is 18.2 Å². The fourth-order valence-corrected chi connectivity index (χ4v) is 2.36. The van der Waals surface area contributed by atoms with E-state index in [9.17, 15) is 0 Å². The van der Waals surface area contributed by atoms with Crippen LogP contribution in [0, 0.1) is 0 Å². The minimum Gasteiger partial charge on any atom is -0.396 e. The van der Waals surface area contributed by atoms with Crippen LogP contribution in [0.4, 0.5) is 5.69 Å². The molecule has 0 saturated heterocycles. The van der Waals surface area contributed by atoms with Crippen molar-refractivity contribution >= 4 is 17.3 Å². The van der Waals surface area contributed by atoms with Gasteiger partial charge in [0.25, 0.3) is 0 Å². The molecule has 0 saturated carbocycles. The van der Waals surface area contributed by atoms with Gasteiger partial charge in [0.2, 0.25) is 0 Å². The van der Waals surface area contributed by atoms with Crippen LogP contribution in [-0.4, -0.2) is 31.3 Å². The predicted octanol–water partition coefficient (Wildman–Crippen LogP) is 3.05. The Labute approximate surface area is 121 Å². The molecule has 1 aromatic carbocycles. The highest BCUT2D eigenvalue weighted by atomic mass is 35.5. The molecule has 3 nitrogen and oxygen atoms in total. The van der Waals surface area contributed by atoms with E-state index in [2.05, 4.69) is 36.2 Å². The Balaban J connectivity index is 2.69. The fourth-order valence-electron chi connectivity index (χ4n) is 2.04. The maximum atomic E-state index is 8.92. The molecule has 0 aliphatic rings. The average Bonchev–Trinajstić information content (AvgIpc) is 2.41. The van der Waals surface area contributed by atoms with E-state index >= 15 is 0 Å². The average molecular weight is 285 g/mol. The van der Waals surface area contributed by atoms with Crippen LogP contribution in [0.2, 0.25) is 5.02 Å². The van der Waals surface area contributed by atoms with Gasteiger partial charge in [0.1, 0.15) is 0 Å². The Bertz CT molecular complexity index is 371. The summed E-state index contributed by atoms with van der Waals surface area (Å²) in [6, 6.07) is 6.22. The summed E-state index contributed by atoms with van der Waals surface area (Å²) in [6.45, 7) is 8.09. The Hall–Kier alpha value is -0.770. The van der Waals surface area contributed by atoms with Gasteiger partial charge in [-0.15, -0.1) is 0 Å². The maximum absolute atomic E-state index is 8.92. The van der Waals surface area contributed by atoms with Gasteiger partial charge in [0, 0.05) is 26.2 Å². The molecule has 0 aromatic heterocycles. The molecule has 0 bridgehead atoms. The van der Waals surface area contributed by atoms with Gasteiger partial charge in [-0.1, -0.05) is 24.6 Å². The van der Waals surface area contributed by atoms with E-state index in [1.54, 1.807) is 0 Å². The summed E-state index contributed by atoms with van der Waals surface area (Å²) in [6.07, 6.45) is 1.90. The first-order chi connectivity index (χ1) is 9.22. The van der Waals surface area contributed by atoms with E-state index in [0.29, 0.717) is 0 Å². The zero-order valence-electron chi connectivity index (χ0n) is 12.0. The van der Waals surface area contributed by atoms with E-state index in [4.69, 9.17) is 16.7 Å². The van der Waals surface area contributed by atoms with Crippen LogP contribution < -0.4 is 10.2 Å². The van der Waals surface area contributed by atoms with E-state index in [-0.39, 0.29) is 6.61 Å². The highest BCUT2D eigenvalue weighted by Crippen LogP contribution is 2.27. The lowest BCUT2D eigenvalue weighted by atomic mass is 10.2. The van der Waals surface area contributed by atoms with Gasteiger partial charge in [-0.05, 0) is 44.0 Å². The third-order valence-corrected chi connectivity index (χ3v) is 3.38. The molecule has 0 unspecified atom stereocenters. The van der Waals surface area contributed by atoms with Crippen LogP contribution in [0.25, 0.3) is 0 Å². The van der Waals surface area contributed by atoms with Crippen LogP contribution in [0.3, 0.4) is 0 Å². The third-order valence-electron chi connectivity index (χ3n) is 3.08. The fraction of sp³-hybridized carbons (Fsp3) is 0.600. The van der Waals surface area contributed by atoms with Crippen molar-refractivity contribution in [2.45, 2.75) is 33.2 Å². The summed E-state index contributed by atoms with van der Waals surface area (Å²) in [7, 11) is 0. The molecule has 108 valence electrons. The van der Waals surface area contributed by atoms with Crippen LogP contribution in [0.5, 0.6) is 0 Å². The first-order valence-corrected chi connectivity index (χ1v) is 7.45. The number of nitrogens with zero attached hydrogens (tertiary/aromatic N) is 1. The van der Waals surface area contributed by atoms with Gasteiger partial charge in [-0.25, -0.2) is 0 Å². The topological polar surface area (TPSA) is 35.5 Å². The number of rotatable bonds is 9. The summed E-state index contributed by atoms with van der Waals surface area (Å²) in [4.78, 5) is 2.20. The van der Waals surface area contributed by atoms with E-state index in [0.717, 1.165) is 49.7 Å².